The lowest BCUT2D eigenvalue weighted by Crippen LogP contribution is -2.38. The van der Waals surface area contributed by atoms with E-state index in [1.54, 1.807) is 0 Å². The van der Waals surface area contributed by atoms with Gasteiger partial charge in [-0.3, -0.25) is 13.9 Å². The number of aromatic nitrogens is 2. The van der Waals surface area contributed by atoms with E-state index < -0.39 is 26.8 Å². The van der Waals surface area contributed by atoms with Gasteiger partial charge in [-0.15, -0.1) is 0 Å². The zero-order chi connectivity index (χ0) is 20.1. The van der Waals surface area contributed by atoms with Gasteiger partial charge in [0, 0.05) is 12.6 Å². The topological polar surface area (TPSA) is 90.2 Å². The van der Waals surface area contributed by atoms with Gasteiger partial charge >= 0.3 is 5.69 Å². The van der Waals surface area contributed by atoms with Crippen LogP contribution in [0.5, 0.6) is 0 Å². The van der Waals surface area contributed by atoms with E-state index in [2.05, 4.69) is 4.72 Å². The summed E-state index contributed by atoms with van der Waals surface area (Å²) >= 11 is 0. The third-order valence-corrected chi connectivity index (χ3v) is 6.82. The zero-order valence-corrected chi connectivity index (χ0v) is 16.5. The third-order valence-electron chi connectivity index (χ3n) is 5.19. The molecule has 0 radical (unpaired) electrons. The second kappa shape index (κ2) is 6.42. The molecule has 1 saturated carbocycles. The predicted molar refractivity (Wildman–Crippen MR) is 107 cm³/mol. The van der Waals surface area contributed by atoms with E-state index in [9.17, 15) is 18.0 Å². The number of fused-ring (bicyclic) bond motifs is 1. The van der Waals surface area contributed by atoms with Crippen LogP contribution >= 0.6 is 0 Å². The Morgan fingerprint density at radius 1 is 1.07 bits per heavy atom. The molecule has 7 nitrogen and oxygen atoms in total. The summed E-state index contributed by atoms with van der Waals surface area (Å²) in [5.41, 5.74) is -0.0529. The summed E-state index contributed by atoms with van der Waals surface area (Å²) in [7, 11) is -2.34. The number of nitrogens with one attached hydrogen (secondary N) is 1. The average Bonchev–Trinajstić information content (AvgIpc) is 3.39. The van der Waals surface area contributed by atoms with Crippen molar-refractivity contribution in [1.82, 2.24) is 13.9 Å². The van der Waals surface area contributed by atoms with Gasteiger partial charge in [-0.05, 0) is 43.5 Å². The summed E-state index contributed by atoms with van der Waals surface area (Å²) in [6.07, 6.45) is 1.58. The normalized spacial score (nSPS) is 15.6. The standard InChI is InChI=1S/C20H21N3O4S/c1-20(10-11-20)21-28(26,27)15-8-9-17-16(12-15)18(24)22(2)19(25)23(17)13-14-6-4-3-5-7-14/h3-9,12,21H,10-11,13H2,1-2H3. The Hall–Kier alpha value is -2.71. The van der Waals surface area contributed by atoms with Crippen LogP contribution in [0, 0.1) is 0 Å². The Bertz CT molecular complexity index is 1290. The first-order valence-electron chi connectivity index (χ1n) is 9.02. The van der Waals surface area contributed by atoms with Crippen molar-refractivity contribution >= 4 is 20.9 Å². The molecule has 1 N–H and O–H groups in total. The van der Waals surface area contributed by atoms with Gasteiger partial charge in [-0.25, -0.2) is 17.9 Å². The molecule has 0 amide bonds. The molecule has 0 aliphatic heterocycles. The van der Waals surface area contributed by atoms with Crippen LogP contribution in [0.25, 0.3) is 10.9 Å². The van der Waals surface area contributed by atoms with Crippen molar-refractivity contribution in [3.63, 3.8) is 0 Å². The maximum absolute atomic E-state index is 12.7. The quantitative estimate of drug-likeness (QED) is 0.705. The number of hydrogen-bond donors (Lipinski definition) is 1. The fourth-order valence-corrected chi connectivity index (χ4v) is 4.72. The highest BCUT2D eigenvalue weighted by Gasteiger charge is 2.41. The van der Waals surface area contributed by atoms with Gasteiger partial charge in [0.2, 0.25) is 10.0 Å². The van der Waals surface area contributed by atoms with Crippen molar-refractivity contribution in [3.8, 4) is 0 Å². The van der Waals surface area contributed by atoms with Crippen molar-refractivity contribution in [1.29, 1.82) is 0 Å². The minimum absolute atomic E-state index is 0.0233. The average molecular weight is 399 g/mol. The molecule has 1 aliphatic carbocycles. The number of hydrogen-bond acceptors (Lipinski definition) is 4. The largest absolute Gasteiger partial charge is 0.331 e. The van der Waals surface area contributed by atoms with E-state index >= 15 is 0 Å². The number of sulfonamides is 1. The van der Waals surface area contributed by atoms with Crippen LogP contribution in [0.1, 0.15) is 25.3 Å². The predicted octanol–water partition coefficient (Wildman–Crippen LogP) is 1.58. The van der Waals surface area contributed by atoms with Crippen LogP contribution in [-0.2, 0) is 23.6 Å². The third kappa shape index (κ3) is 3.29. The molecular formula is C20H21N3O4S. The van der Waals surface area contributed by atoms with Crippen LogP contribution in [0.4, 0.5) is 0 Å². The highest BCUT2D eigenvalue weighted by Crippen LogP contribution is 2.36. The highest BCUT2D eigenvalue weighted by molar-refractivity contribution is 7.89. The van der Waals surface area contributed by atoms with Crippen molar-refractivity contribution < 1.29 is 8.42 Å². The molecule has 1 aliphatic rings. The summed E-state index contributed by atoms with van der Waals surface area (Å²) in [5.74, 6) is 0. The molecule has 2 aromatic carbocycles. The van der Waals surface area contributed by atoms with E-state index in [1.807, 2.05) is 37.3 Å². The molecule has 28 heavy (non-hydrogen) atoms. The van der Waals surface area contributed by atoms with Gasteiger partial charge in [-0.1, -0.05) is 30.3 Å². The molecule has 1 aromatic heterocycles. The van der Waals surface area contributed by atoms with Crippen molar-refractivity contribution in [3.05, 3.63) is 74.9 Å². The van der Waals surface area contributed by atoms with E-state index in [1.165, 1.54) is 29.8 Å². The second-order valence-electron chi connectivity index (χ2n) is 7.56. The molecule has 1 fully saturated rings. The van der Waals surface area contributed by atoms with Crippen molar-refractivity contribution in [2.75, 3.05) is 0 Å². The zero-order valence-electron chi connectivity index (χ0n) is 15.7. The summed E-state index contributed by atoms with van der Waals surface area (Å²) in [5, 5.41) is 0.196. The lowest BCUT2D eigenvalue weighted by atomic mass is 10.2. The SMILES string of the molecule is Cn1c(=O)c2cc(S(=O)(=O)NC3(C)CC3)ccc2n(Cc2ccccc2)c1=O. The molecular weight excluding hydrogens is 378 g/mol. The molecule has 146 valence electrons. The number of nitrogens with zero attached hydrogens (tertiary/aromatic N) is 2. The molecule has 4 rings (SSSR count). The first-order valence-corrected chi connectivity index (χ1v) is 10.5. The van der Waals surface area contributed by atoms with E-state index in [0.717, 1.165) is 23.0 Å². The summed E-state index contributed by atoms with van der Waals surface area (Å²) in [6.45, 7) is 2.13. The van der Waals surface area contributed by atoms with E-state index in [4.69, 9.17) is 0 Å². The summed E-state index contributed by atoms with van der Waals surface area (Å²) in [4.78, 5) is 25.4. The van der Waals surface area contributed by atoms with E-state index in [-0.39, 0.29) is 16.8 Å². The van der Waals surface area contributed by atoms with Crippen LogP contribution in [0.3, 0.4) is 0 Å². The van der Waals surface area contributed by atoms with E-state index in [0.29, 0.717) is 5.52 Å². The van der Waals surface area contributed by atoms with Gasteiger partial charge in [-0.2, -0.15) is 0 Å². The Morgan fingerprint density at radius 3 is 2.39 bits per heavy atom. The summed E-state index contributed by atoms with van der Waals surface area (Å²) in [6, 6.07) is 13.7. The maximum atomic E-state index is 12.7. The molecule has 0 spiro atoms. The molecule has 0 atom stereocenters. The Morgan fingerprint density at radius 2 is 1.75 bits per heavy atom. The fourth-order valence-electron chi connectivity index (χ4n) is 3.23. The van der Waals surface area contributed by atoms with Gasteiger partial charge < -0.3 is 0 Å². The van der Waals surface area contributed by atoms with Crippen LogP contribution < -0.4 is 16.0 Å². The lowest BCUT2D eigenvalue weighted by Gasteiger charge is -2.15. The van der Waals surface area contributed by atoms with Crippen molar-refractivity contribution in [2.45, 2.75) is 36.7 Å². The first-order chi connectivity index (χ1) is 13.2. The highest BCUT2D eigenvalue weighted by atomic mass is 32.2. The van der Waals surface area contributed by atoms with Crippen molar-refractivity contribution in [2.24, 2.45) is 7.05 Å². The van der Waals surface area contributed by atoms with Gasteiger partial charge in [0.25, 0.3) is 5.56 Å². The summed E-state index contributed by atoms with van der Waals surface area (Å²) < 4.78 is 30.5. The number of rotatable bonds is 5. The first kappa shape index (κ1) is 18.6. The van der Waals surface area contributed by atoms with Crippen LogP contribution in [0.2, 0.25) is 0 Å². The molecule has 0 saturated heterocycles. The monoisotopic (exact) mass is 399 g/mol. The van der Waals surface area contributed by atoms with Gasteiger partial charge in [0.1, 0.15) is 0 Å². The fraction of sp³-hybridized carbons (Fsp3) is 0.300. The Labute approximate surface area is 162 Å². The smallest absolute Gasteiger partial charge is 0.289 e. The number of benzene rings is 2. The molecule has 3 aromatic rings. The Kier molecular flexibility index (Phi) is 4.28. The molecule has 8 heteroatoms. The molecule has 1 heterocycles. The lowest BCUT2D eigenvalue weighted by molar-refractivity contribution is 0.558. The molecule has 0 unspecified atom stereocenters. The van der Waals surface area contributed by atoms with Gasteiger partial charge in [0.15, 0.2) is 0 Å². The minimum atomic E-state index is -3.74. The van der Waals surface area contributed by atoms with Crippen LogP contribution in [0.15, 0.2) is 63.0 Å². The second-order valence-corrected chi connectivity index (χ2v) is 9.25. The minimum Gasteiger partial charge on any atom is -0.289 e. The van der Waals surface area contributed by atoms with Crippen LogP contribution in [-0.4, -0.2) is 23.1 Å². The molecule has 0 bridgehead atoms. The Balaban J connectivity index is 1.88. The maximum Gasteiger partial charge on any atom is 0.331 e. The van der Waals surface area contributed by atoms with Gasteiger partial charge in [0.05, 0.1) is 22.3 Å².